The van der Waals surface area contributed by atoms with Crippen molar-refractivity contribution in [2.24, 2.45) is 0 Å². The monoisotopic (exact) mass is 523 g/mol. The fourth-order valence-electron chi connectivity index (χ4n) is 4.60. The molecule has 198 valence electrons. The van der Waals surface area contributed by atoms with Crippen molar-refractivity contribution < 1.29 is 9.13 Å². The third-order valence-corrected chi connectivity index (χ3v) is 6.52. The molecule has 5 rings (SSSR count). The first-order valence-electron chi connectivity index (χ1n) is 13.0. The van der Waals surface area contributed by atoms with Crippen LogP contribution in [0.15, 0.2) is 79.0 Å². The normalized spacial score (nSPS) is 14.4. The minimum Gasteiger partial charge on any atom is -0.476 e. The van der Waals surface area contributed by atoms with E-state index in [4.69, 9.17) is 25.5 Å². The molecule has 39 heavy (non-hydrogen) atoms. The summed E-state index contributed by atoms with van der Waals surface area (Å²) in [6.45, 7) is 3.11. The van der Waals surface area contributed by atoms with Gasteiger partial charge in [0.15, 0.2) is 0 Å². The van der Waals surface area contributed by atoms with Crippen molar-refractivity contribution in [1.29, 1.82) is 10.8 Å². The summed E-state index contributed by atoms with van der Waals surface area (Å²) in [4.78, 5) is 14.1. The summed E-state index contributed by atoms with van der Waals surface area (Å²) in [7, 11) is 0. The van der Waals surface area contributed by atoms with Crippen LogP contribution in [-0.4, -0.2) is 44.3 Å². The summed E-state index contributed by atoms with van der Waals surface area (Å²) in [5.41, 5.74) is 4.13. The van der Waals surface area contributed by atoms with E-state index in [1.165, 1.54) is 18.2 Å². The lowest BCUT2D eigenvalue weighted by molar-refractivity contribution is 0.244. The first kappa shape index (κ1) is 26.0. The summed E-state index contributed by atoms with van der Waals surface area (Å²) in [5.74, 6) is 1.11. The number of aryl methyl sites for hydroxylation is 1. The van der Waals surface area contributed by atoms with Crippen LogP contribution in [0.1, 0.15) is 37.2 Å². The van der Waals surface area contributed by atoms with Crippen LogP contribution in [0.5, 0.6) is 0 Å². The van der Waals surface area contributed by atoms with E-state index in [-0.39, 0.29) is 24.4 Å². The Morgan fingerprint density at radius 3 is 2.64 bits per heavy atom. The molecule has 0 saturated heterocycles. The Morgan fingerprint density at radius 2 is 1.87 bits per heavy atom. The highest BCUT2D eigenvalue weighted by Gasteiger charge is 2.31. The molecule has 3 heterocycles. The molecule has 1 unspecified atom stereocenters. The van der Waals surface area contributed by atoms with Gasteiger partial charge in [0.25, 0.3) is 0 Å². The molecule has 1 aliphatic rings. The summed E-state index contributed by atoms with van der Waals surface area (Å²) in [6, 6.07) is 17.5. The third kappa shape index (κ3) is 5.93. The first-order valence-corrected chi connectivity index (χ1v) is 13.0. The number of allylic oxidation sites excluding steroid dienone is 1. The van der Waals surface area contributed by atoms with Crippen molar-refractivity contribution >= 4 is 17.6 Å². The van der Waals surface area contributed by atoms with Crippen LogP contribution in [-0.2, 0) is 11.2 Å². The zero-order valence-electron chi connectivity index (χ0n) is 21.7. The topological polar surface area (TPSA) is 113 Å². The molecule has 3 N–H and O–H groups in total. The van der Waals surface area contributed by atoms with Crippen molar-refractivity contribution in [2.75, 3.05) is 18.5 Å². The second-order valence-corrected chi connectivity index (χ2v) is 9.28. The highest BCUT2D eigenvalue weighted by atomic mass is 19.1. The Kier molecular flexibility index (Phi) is 7.86. The fourth-order valence-corrected chi connectivity index (χ4v) is 4.60. The predicted molar refractivity (Wildman–Crippen MR) is 151 cm³/mol. The van der Waals surface area contributed by atoms with Crippen molar-refractivity contribution in [3.05, 3.63) is 96.2 Å². The quantitative estimate of drug-likeness (QED) is 0.172. The predicted octanol–water partition coefficient (Wildman–Crippen LogP) is 6.07. The molecule has 0 amide bonds. The Morgan fingerprint density at radius 1 is 1.08 bits per heavy atom. The van der Waals surface area contributed by atoms with E-state index in [0.717, 1.165) is 54.1 Å². The van der Waals surface area contributed by atoms with Crippen LogP contribution in [0.25, 0.3) is 22.6 Å². The number of anilines is 1. The highest BCUT2D eigenvalue weighted by Crippen LogP contribution is 2.39. The number of nitrogens with zero attached hydrogens (tertiary/aromatic N) is 4. The van der Waals surface area contributed by atoms with Crippen molar-refractivity contribution in [2.45, 2.75) is 32.2 Å². The van der Waals surface area contributed by atoms with Crippen LogP contribution in [0.3, 0.4) is 0 Å². The number of halogens is 1. The molecule has 0 bridgehead atoms. The molecule has 8 nitrogen and oxygen atoms in total. The smallest absolute Gasteiger partial charge is 0.223 e. The number of ether oxygens (including phenoxy) is 1. The van der Waals surface area contributed by atoms with Crippen LogP contribution < -0.4 is 5.32 Å². The number of aromatic nitrogens is 4. The maximum atomic E-state index is 13.7. The molecule has 1 aliphatic heterocycles. The van der Waals surface area contributed by atoms with E-state index in [2.05, 4.69) is 21.8 Å². The van der Waals surface area contributed by atoms with Crippen LogP contribution in [0.4, 0.5) is 10.3 Å². The van der Waals surface area contributed by atoms with E-state index in [9.17, 15) is 4.39 Å². The number of rotatable bonds is 10. The average molecular weight is 524 g/mol. The van der Waals surface area contributed by atoms with Crippen LogP contribution >= 0.6 is 0 Å². The van der Waals surface area contributed by atoms with E-state index in [0.29, 0.717) is 17.4 Å². The average Bonchev–Trinajstić information content (AvgIpc) is 3.54. The lowest BCUT2D eigenvalue weighted by Crippen LogP contribution is -2.15. The number of fused-ring (bicyclic) bond motifs is 1. The zero-order valence-corrected chi connectivity index (χ0v) is 21.7. The van der Waals surface area contributed by atoms with Gasteiger partial charge in [-0.05, 0) is 54.8 Å². The molecular weight excluding hydrogens is 493 g/mol. The molecule has 0 fully saturated rings. The molecule has 0 saturated carbocycles. The van der Waals surface area contributed by atoms with Gasteiger partial charge in [0, 0.05) is 30.8 Å². The number of benzene rings is 2. The van der Waals surface area contributed by atoms with E-state index >= 15 is 0 Å². The van der Waals surface area contributed by atoms with Gasteiger partial charge in [-0.25, -0.2) is 19.3 Å². The van der Waals surface area contributed by atoms with Crippen LogP contribution in [0, 0.1) is 16.6 Å². The summed E-state index contributed by atoms with van der Waals surface area (Å²) < 4.78 is 21.7. The maximum absolute atomic E-state index is 13.7. The first-order chi connectivity index (χ1) is 19.0. The Labute approximate surface area is 226 Å². The number of nitrogens with one attached hydrogen (secondary N) is 3. The van der Waals surface area contributed by atoms with Gasteiger partial charge in [0.1, 0.15) is 18.2 Å². The highest BCUT2D eigenvalue weighted by molar-refractivity contribution is 6.08. The lowest BCUT2D eigenvalue weighted by Gasteiger charge is -2.18. The Hall–Kier alpha value is -4.66. The van der Waals surface area contributed by atoms with Gasteiger partial charge in [0.2, 0.25) is 11.8 Å². The summed E-state index contributed by atoms with van der Waals surface area (Å²) >= 11 is 0. The second kappa shape index (κ2) is 11.8. The van der Waals surface area contributed by atoms with Gasteiger partial charge < -0.3 is 20.0 Å². The molecule has 2 aromatic heterocycles. The minimum absolute atomic E-state index is 0.0161. The van der Waals surface area contributed by atoms with Gasteiger partial charge in [-0.3, -0.25) is 5.41 Å². The molecule has 1 atom stereocenters. The van der Waals surface area contributed by atoms with Gasteiger partial charge in [0.05, 0.1) is 28.8 Å². The number of hydrogen-bond acceptors (Lipinski definition) is 7. The number of imidazole rings is 1. The molecule has 0 spiro atoms. The van der Waals surface area contributed by atoms with Gasteiger partial charge in [-0.15, -0.1) is 0 Å². The second-order valence-electron chi connectivity index (χ2n) is 9.28. The molecular formula is C30H30FN7O. The number of hydrogen-bond donors (Lipinski definition) is 3. The van der Waals surface area contributed by atoms with Crippen molar-refractivity contribution in [1.82, 2.24) is 19.5 Å². The molecule has 0 radical (unpaired) electrons. The Balaban J connectivity index is 1.41. The van der Waals surface area contributed by atoms with Crippen molar-refractivity contribution in [3.63, 3.8) is 0 Å². The largest absolute Gasteiger partial charge is 0.476 e. The van der Waals surface area contributed by atoms with E-state index < -0.39 is 0 Å². The van der Waals surface area contributed by atoms with Gasteiger partial charge in [-0.2, -0.15) is 0 Å². The zero-order chi connectivity index (χ0) is 27.2. The maximum Gasteiger partial charge on any atom is 0.223 e. The fraction of sp³-hybridized carbons (Fsp3) is 0.233. The molecule has 9 heteroatoms. The van der Waals surface area contributed by atoms with E-state index in [1.807, 2.05) is 36.4 Å². The molecule has 0 aliphatic carbocycles. The summed E-state index contributed by atoms with van der Waals surface area (Å²) in [6.07, 6.45) is 7.29. The van der Waals surface area contributed by atoms with Crippen LogP contribution in [0.2, 0.25) is 0 Å². The van der Waals surface area contributed by atoms with Crippen molar-refractivity contribution in [3.8, 4) is 22.6 Å². The van der Waals surface area contributed by atoms with Gasteiger partial charge >= 0.3 is 0 Å². The van der Waals surface area contributed by atoms with E-state index in [1.54, 1.807) is 24.4 Å². The summed E-state index contributed by atoms with van der Waals surface area (Å²) in [5, 5.41) is 19.7. The minimum atomic E-state index is -0.307. The lowest BCUT2D eigenvalue weighted by atomic mass is 10.1. The van der Waals surface area contributed by atoms with Gasteiger partial charge in [-0.1, -0.05) is 37.3 Å². The Bertz CT molecular complexity index is 1500. The molecule has 4 aromatic rings. The third-order valence-electron chi connectivity index (χ3n) is 6.52. The molecule has 2 aromatic carbocycles. The SMILES string of the molecule is CCCNc1nccc(-c2c(-c3ccc(F)cc3)nc3n2C(COC(=N)/C=C\C(=N)c2ccccc2)CC3)n1. The standard InChI is InChI=1S/C30H30FN7O/c1-2-17-34-30-35-18-16-25(36-30)29-28(21-8-10-22(31)11-9-21)37-27-15-12-23(38(27)29)19-39-26(33)14-13-24(32)20-6-4-3-5-7-20/h3-11,13-14,16,18,23,32-33H,2,12,15,17,19H2,1H3,(H,34,35,36)/b14-13-,32-24?,33-26?.